The minimum Gasteiger partial charge on any atom is -0.496 e. The molecular weight excluding hydrogens is 362 g/mol. The molecule has 0 N–H and O–H groups in total. The van der Waals surface area contributed by atoms with E-state index in [1.165, 1.54) is 4.88 Å². The summed E-state index contributed by atoms with van der Waals surface area (Å²) in [6.45, 7) is 6.39. The molecule has 2 aromatic rings. The SMILES string of the molecule is COc1ccccc1-c1ncc(CN2C[C@H]3COC[C@@H]2CN(C(C)=O)C3)s1. The third-order valence-electron chi connectivity index (χ3n) is 5.28. The highest BCUT2D eigenvalue weighted by Gasteiger charge is 2.34. The van der Waals surface area contributed by atoms with Gasteiger partial charge in [-0.05, 0) is 12.1 Å². The number of fused-ring (bicyclic) bond motifs is 3. The lowest BCUT2D eigenvalue weighted by molar-refractivity contribution is -0.130. The predicted molar refractivity (Wildman–Crippen MR) is 105 cm³/mol. The van der Waals surface area contributed by atoms with Crippen molar-refractivity contribution in [3.05, 3.63) is 35.3 Å². The second-order valence-corrected chi connectivity index (χ2v) is 8.36. The van der Waals surface area contributed by atoms with Crippen LogP contribution < -0.4 is 4.74 Å². The van der Waals surface area contributed by atoms with Gasteiger partial charge >= 0.3 is 0 Å². The molecule has 2 aliphatic heterocycles. The van der Waals surface area contributed by atoms with Crippen LogP contribution in [0.3, 0.4) is 0 Å². The van der Waals surface area contributed by atoms with Crippen LogP contribution >= 0.6 is 11.3 Å². The number of rotatable bonds is 4. The van der Waals surface area contributed by atoms with Crippen LogP contribution in [0.5, 0.6) is 5.75 Å². The summed E-state index contributed by atoms with van der Waals surface area (Å²) in [7, 11) is 1.69. The van der Waals surface area contributed by atoms with Crippen molar-refractivity contribution in [2.75, 3.05) is 40.0 Å². The van der Waals surface area contributed by atoms with Gasteiger partial charge in [0.15, 0.2) is 0 Å². The minimum atomic E-state index is 0.157. The number of hydrogen-bond donors (Lipinski definition) is 0. The first-order chi connectivity index (χ1) is 13.1. The second-order valence-electron chi connectivity index (χ2n) is 7.24. The highest BCUT2D eigenvalue weighted by Crippen LogP contribution is 2.33. The topological polar surface area (TPSA) is 54.9 Å². The maximum Gasteiger partial charge on any atom is 0.219 e. The van der Waals surface area contributed by atoms with E-state index >= 15 is 0 Å². The van der Waals surface area contributed by atoms with Crippen LogP contribution in [0.1, 0.15) is 11.8 Å². The lowest BCUT2D eigenvalue weighted by Gasteiger charge is -2.30. The molecule has 3 heterocycles. The molecule has 2 fully saturated rings. The first kappa shape index (κ1) is 18.4. The molecule has 0 saturated carbocycles. The number of methoxy groups -OCH3 is 1. The van der Waals surface area contributed by atoms with Crippen LogP contribution in [0.4, 0.5) is 0 Å². The Morgan fingerprint density at radius 3 is 2.96 bits per heavy atom. The number of hydrogen-bond acceptors (Lipinski definition) is 6. The highest BCUT2D eigenvalue weighted by atomic mass is 32.1. The molecule has 0 aliphatic carbocycles. The number of amides is 1. The maximum atomic E-state index is 11.9. The Morgan fingerprint density at radius 2 is 2.15 bits per heavy atom. The molecule has 1 amide bonds. The monoisotopic (exact) mass is 387 g/mol. The van der Waals surface area contributed by atoms with Crippen molar-refractivity contribution in [1.82, 2.24) is 14.8 Å². The van der Waals surface area contributed by atoms with Gasteiger partial charge in [-0.25, -0.2) is 4.98 Å². The van der Waals surface area contributed by atoms with E-state index in [0.717, 1.165) is 49.1 Å². The Morgan fingerprint density at radius 1 is 1.30 bits per heavy atom. The fourth-order valence-corrected chi connectivity index (χ4v) is 4.87. The average molecular weight is 388 g/mol. The zero-order valence-corrected chi connectivity index (χ0v) is 16.6. The van der Waals surface area contributed by atoms with Gasteiger partial charge in [-0.2, -0.15) is 0 Å². The van der Waals surface area contributed by atoms with Gasteiger partial charge in [-0.1, -0.05) is 12.1 Å². The lowest BCUT2D eigenvalue weighted by Crippen LogP contribution is -2.44. The molecule has 0 spiro atoms. The van der Waals surface area contributed by atoms with Crippen molar-refractivity contribution in [2.45, 2.75) is 19.5 Å². The van der Waals surface area contributed by atoms with E-state index in [0.29, 0.717) is 12.5 Å². The molecule has 2 bridgehead atoms. The molecule has 0 radical (unpaired) electrons. The summed E-state index contributed by atoms with van der Waals surface area (Å²) in [5.74, 6) is 1.36. The number of thiazole rings is 1. The highest BCUT2D eigenvalue weighted by molar-refractivity contribution is 7.15. The van der Waals surface area contributed by atoms with E-state index in [1.807, 2.05) is 35.4 Å². The van der Waals surface area contributed by atoms with Gasteiger partial charge in [-0.15, -0.1) is 11.3 Å². The zero-order valence-electron chi connectivity index (χ0n) is 15.8. The average Bonchev–Trinajstić information content (AvgIpc) is 2.93. The Labute approximate surface area is 163 Å². The van der Waals surface area contributed by atoms with Gasteiger partial charge in [0, 0.05) is 50.1 Å². The molecular formula is C20H25N3O3S. The molecule has 0 unspecified atom stereocenters. The summed E-state index contributed by atoms with van der Waals surface area (Å²) < 4.78 is 11.3. The van der Waals surface area contributed by atoms with Crippen LogP contribution in [0.15, 0.2) is 30.5 Å². The van der Waals surface area contributed by atoms with Crippen LogP contribution in [0.2, 0.25) is 0 Å². The molecule has 27 heavy (non-hydrogen) atoms. The van der Waals surface area contributed by atoms with Gasteiger partial charge in [0.2, 0.25) is 5.91 Å². The molecule has 144 valence electrons. The molecule has 1 aromatic heterocycles. The van der Waals surface area contributed by atoms with Gasteiger partial charge in [0.05, 0.1) is 31.9 Å². The first-order valence-electron chi connectivity index (χ1n) is 9.29. The number of benzene rings is 1. The molecule has 6 nitrogen and oxygen atoms in total. The van der Waals surface area contributed by atoms with Gasteiger partial charge in [-0.3, -0.25) is 9.69 Å². The van der Waals surface area contributed by atoms with E-state index in [1.54, 1.807) is 25.4 Å². The fraction of sp³-hybridized carbons (Fsp3) is 0.500. The quantitative estimate of drug-likeness (QED) is 0.807. The first-order valence-corrected chi connectivity index (χ1v) is 10.1. The van der Waals surface area contributed by atoms with Gasteiger partial charge in [0.25, 0.3) is 0 Å². The number of aromatic nitrogens is 1. The molecule has 2 atom stereocenters. The Bertz CT molecular complexity index is 809. The standard InChI is InChI=1S/C20H25N3O3S/c1-14(24)22-8-15-9-23(16(10-22)13-26-12-15)11-17-7-21-20(27-17)18-5-3-4-6-19(18)25-2/h3-7,15-16H,8-13H2,1-2H3/t15-,16-/m0/s1. The van der Waals surface area contributed by atoms with Gasteiger partial charge in [0.1, 0.15) is 10.8 Å². The minimum absolute atomic E-state index is 0.157. The van der Waals surface area contributed by atoms with E-state index in [9.17, 15) is 4.79 Å². The number of para-hydroxylation sites is 1. The number of nitrogens with zero attached hydrogens (tertiary/aromatic N) is 3. The van der Waals surface area contributed by atoms with Crippen LogP contribution in [0, 0.1) is 5.92 Å². The van der Waals surface area contributed by atoms with E-state index in [4.69, 9.17) is 9.47 Å². The summed E-state index contributed by atoms with van der Waals surface area (Å²) in [5, 5.41) is 0.974. The van der Waals surface area contributed by atoms with Crippen molar-refractivity contribution in [2.24, 2.45) is 5.92 Å². The van der Waals surface area contributed by atoms with E-state index in [2.05, 4.69) is 9.88 Å². The summed E-state index contributed by atoms with van der Waals surface area (Å²) >= 11 is 1.70. The van der Waals surface area contributed by atoms with Crippen molar-refractivity contribution in [3.8, 4) is 16.3 Å². The van der Waals surface area contributed by atoms with Crippen molar-refractivity contribution in [3.63, 3.8) is 0 Å². The Kier molecular flexibility index (Phi) is 5.43. The lowest BCUT2D eigenvalue weighted by atomic mass is 10.1. The molecule has 4 rings (SSSR count). The largest absolute Gasteiger partial charge is 0.496 e. The Balaban J connectivity index is 1.52. The normalized spacial score (nSPS) is 23.1. The van der Waals surface area contributed by atoms with E-state index < -0.39 is 0 Å². The maximum absolute atomic E-state index is 11.9. The number of carbonyl (C=O) groups excluding carboxylic acids is 1. The zero-order chi connectivity index (χ0) is 18.8. The predicted octanol–water partition coefficient (Wildman–Crippen LogP) is 2.50. The molecule has 2 aliphatic rings. The van der Waals surface area contributed by atoms with Crippen molar-refractivity contribution < 1.29 is 14.3 Å². The number of ether oxygens (including phenoxy) is 2. The summed E-state index contributed by atoms with van der Waals surface area (Å²) in [6.07, 6.45) is 1.96. The Hall–Kier alpha value is -1.96. The van der Waals surface area contributed by atoms with Crippen LogP contribution in [-0.4, -0.2) is 66.7 Å². The second kappa shape index (κ2) is 7.96. The summed E-state index contributed by atoms with van der Waals surface area (Å²) in [4.78, 5) is 22.2. The third kappa shape index (κ3) is 4.00. The molecule has 7 heteroatoms. The third-order valence-corrected chi connectivity index (χ3v) is 6.29. The molecule has 2 saturated heterocycles. The summed E-state index contributed by atoms with van der Waals surface area (Å²) in [6, 6.07) is 8.21. The fourth-order valence-electron chi connectivity index (χ4n) is 3.91. The number of carbonyl (C=O) groups is 1. The van der Waals surface area contributed by atoms with Crippen molar-refractivity contribution in [1.29, 1.82) is 0 Å². The van der Waals surface area contributed by atoms with Crippen molar-refractivity contribution >= 4 is 17.2 Å². The summed E-state index contributed by atoms with van der Waals surface area (Å²) in [5.41, 5.74) is 1.02. The van der Waals surface area contributed by atoms with Crippen LogP contribution in [-0.2, 0) is 16.1 Å². The van der Waals surface area contributed by atoms with E-state index in [-0.39, 0.29) is 11.9 Å². The smallest absolute Gasteiger partial charge is 0.219 e. The molecule has 1 aromatic carbocycles. The van der Waals surface area contributed by atoms with Crippen LogP contribution in [0.25, 0.3) is 10.6 Å². The van der Waals surface area contributed by atoms with Gasteiger partial charge < -0.3 is 14.4 Å².